The van der Waals surface area contributed by atoms with Crippen molar-refractivity contribution < 1.29 is 5.11 Å². The highest BCUT2D eigenvalue weighted by atomic mass is 79.9. The summed E-state index contributed by atoms with van der Waals surface area (Å²) in [6.45, 7) is 5.85. The Kier molecular flexibility index (Phi) is 3.46. The molecule has 76 valence electrons. The molecule has 2 aromatic heterocycles. The number of aromatic nitrogens is 3. The Morgan fingerprint density at radius 2 is 2.07 bits per heavy atom. The highest BCUT2D eigenvalue weighted by molar-refractivity contribution is 9.10. The second kappa shape index (κ2) is 4.41. The molecule has 0 spiro atoms. The van der Waals surface area contributed by atoms with E-state index in [0.29, 0.717) is 10.1 Å². The zero-order valence-corrected chi connectivity index (χ0v) is 9.88. The van der Waals surface area contributed by atoms with E-state index in [2.05, 4.69) is 31.1 Å². The smallest absolute Gasteiger partial charge is 0.159 e. The van der Waals surface area contributed by atoms with Gasteiger partial charge >= 0.3 is 0 Å². The van der Waals surface area contributed by atoms with Gasteiger partial charge in [-0.3, -0.25) is 5.10 Å². The van der Waals surface area contributed by atoms with Crippen LogP contribution in [0.1, 0.15) is 19.5 Å². The van der Waals surface area contributed by atoms with Crippen LogP contribution >= 0.6 is 15.9 Å². The van der Waals surface area contributed by atoms with Gasteiger partial charge in [-0.15, -0.1) is 0 Å². The summed E-state index contributed by atoms with van der Waals surface area (Å²) < 4.78 is 0.444. The topological polar surface area (TPSA) is 61.8 Å². The van der Waals surface area contributed by atoms with Gasteiger partial charge in [0.25, 0.3) is 0 Å². The largest absolute Gasteiger partial charge is 0.504 e. The highest BCUT2D eigenvalue weighted by Gasteiger charge is 2.09. The molecule has 0 aromatic carbocycles. The van der Waals surface area contributed by atoms with Crippen LogP contribution in [-0.2, 0) is 0 Å². The maximum Gasteiger partial charge on any atom is 0.159 e. The van der Waals surface area contributed by atoms with Gasteiger partial charge in [-0.1, -0.05) is 13.8 Å². The van der Waals surface area contributed by atoms with Crippen LogP contribution in [0.5, 0.6) is 5.75 Å². The first-order chi connectivity index (χ1) is 6.70. The fourth-order valence-electron chi connectivity index (χ4n) is 1.12. The number of pyridine rings is 1. The predicted molar refractivity (Wildman–Crippen MR) is 59.3 cm³/mol. The van der Waals surface area contributed by atoms with E-state index in [0.717, 1.165) is 11.1 Å². The minimum atomic E-state index is 0.138. The molecular formula is C9H12BrN3O. The van der Waals surface area contributed by atoms with E-state index in [-0.39, 0.29) is 5.75 Å². The lowest BCUT2D eigenvalue weighted by Crippen LogP contribution is -1.78. The van der Waals surface area contributed by atoms with Crippen LogP contribution in [0.3, 0.4) is 0 Å². The van der Waals surface area contributed by atoms with E-state index in [1.807, 2.05) is 20.8 Å². The van der Waals surface area contributed by atoms with E-state index in [9.17, 15) is 5.11 Å². The van der Waals surface area contributed by atoms with Gasteiger partial charge in [-0.2, -0.15) is 5.10 Å². The van der Waals surface area contributed by atoms with Gasteiger partial charge < -0.3 is 5.11 Å². The third kappa shape index (κ3) is 1.72. The first-order valence-electron chi connectivity index (χ1n) is 4.38. The van der Waals surface area contributed by atoms with Crippen LogP contribution in [0.25, 0.3) is 10.9 Å². The first kappa shape index (κ1) is 11.0. The number of halogens is 1. The van der Waals surface area contributed by atoms with Gasteiger partial charge in [-0.05, 0) is 22.9 Å². The van der Waals surface area contributed by atoms with Gasteiger partial charge in [-0.25, -0.2) is 4.98 Å². The highest BCUT2D eigenvalue weighted by Crippen LogP contribution is 2.30. The van der Waals surface area contributed by atoms with Crippen molar-refractivity contribution in [1.82, 2.24) is 15.2 Å². The Labute approximate surface area is 90.5 Å². The summed E-state index contributed by atoms with van der Waals surface area (Å²) in [5.74, 6) is 0.138. The number of nitrogens with zero attached hydrogens (tertiary/aromatic N) is 2. The van der Waals surface area contributed by atoms with Gasteiger partial charge in [0.15, 0.2) is 5.75 Å². The van der Waals surface area contributed by atoms with Crippen molar-refractivity contribution in [2.45, 2.75) is 20.8 Å². The number of rotatable bonds is 0. The Balaban J connectivity index is 0.000000461. The number of aromatic hydroxyl groups is 1. The number of hydrogen-bond acceptors (Lipinski definition) is 3. The van der Waals surface area contributed by atoms with Gasteiger partial charge in [0.05, 0.1) is 11.6 Å². The predicted octanol–water partition coefficient (Wildman–Crippen LogP) is 2.76. The monoisotopic (exact) mass is 257 g/mol. The molecule has 0 aliphatic carbocycles. The second-order valence-electron chi connectivity index (χ2n) is 2.51. The normalized spacial score (nSPS) is 9.71. The average Bonchev–Trinajstić information content (AvgIpc) is 2.58. The van der Waals surface area contributed by atoms with E-state index in [1.54, 1.807) is 6.20 Å². The van der Waals surface area contributed by atoms with Gasteiger partial charge in [0.1, 0.15) is 10.1 Å². The minimum Gasteiger partial charge on any atom is -0.504 e. The van der Waals surface area contributed by atoms with Crippen LogP contribution < -0.4 is 0 Å². The Hall–Kier alpha value is -1.10. The van der Waals surface area contributed by atoms with Crippen molar-refractivity contribution in [1.29, 1.82) is 0 Å². The lowest BCUT2D eigenvalue weighted by atomic mass is 10.2. The van der Waals surface area contributed by atoms with Crippen molar-refractivity contribution in [3.63, 3.8) is 0 Å². The number of H-pyrrole nitrogens is 1. The van der Waals surface area contributed by atoms with Gasteiger partial charge in [0, 0.05) is 5.69 Å². The van der Waals surface area contributed by atoms with Crippen molar-refractivity contribution in [2.24, 2.45) is 0 Å². The molecule has 0 bridgehead atoms. The Morgan fingerprint density at radius 3 is 2.71 bits per heavy atom. The molecule has 2 aromatic rings. The van der Waals surface area contributed by atoms with Crippen molar-refractivity contribution in [3.8, 4) is 5.75 Å². The molecule has 0 radical (unpaired) electrons. The molecular weight excluding hydrogens is 246 g/mol. The van der Waals surface area contributed by atoms with Crippen LogP contribution in [0, 0.1) is 6.92 Å². The molecule has 14 heavy (non-hydrogen) atoms. The number of aryl methyl sites for hydroxylation is 1. The summed E-state index contributed by atoms with van der Waals surface area (Å²) in [5.41, 5.74) is 1.51. The number of fused-ring (bicyclic) bond motifs is 1. The molecule has 0 atom stereocenters. The molecule has 2 N–H and O–H groups in total. The molecule has 2 rings (SSSR count). The summed E-state index contributed by atoms with van der Waals surface area (Å²) in [7, 11) is 0. The summed E-state index contributed by atoms with van der Waals surface area (Å²) in [5, 5.41) is 17.0. The zero-order chi connectivity index (χ0) is 10.7. The quantitative estimate of drug-likeness (QED) is 0.714. The fourth-order valence-corrected chi connectivity index (χ4v) is 1.42. The van der Waals surface area contributed by atoms with Crippen molar-refractivity contribution in [2.75, 3.05) is 0 Å². The molecule has 5 heteroatoms. The molecule has 2 heterocycles. The number of nitrogens with one attached hydrogen (secondary N) is 1. The molecule has 0 fully saturated rings. The lowest BCUT2D eigenvalue weighted by Gasteiger charge is -1.96. The van der Waals surface area contributed by atoms with Crippen molar-refractivity contribution >= 4 is 26.8 Å². The van der Waals surface area contributed by atoms with Gasteiger partial charge in [0.2, 0.25) is 0 Å². The van der Waals surface area contributed by atoms with E-state index >= 15 is 0 Å². The number of hydrogen-bond donors (Lipinski definition) is 2. The third-order valence-electron chi connectivity index (χ3n) is 1.71. The maximum atomic E-state index is 9.56. The van der Waals surface area contributed by atoms with Crippen LogP contribution in [0.4, 0.5) is 0 Å². The molecule has 0 aliphatic rings. The standard InChI is InChI=1S/C7H6BrN3O.C2H6/c1-3-5-4(11-10-3)2-9-7(8)6(5)12;1-2/h2,12H,1H3,(H,10,11);1-2H3. The van der Waals surface area contributed by atoms with Crippen molar-refractivity contribution in [3.05, 3.63) is 16.5 Å². The molecule has 0 amide bonds. The molecule has 0 aliphatic heterocycles. The fraction of sp³-hybridized carbons (Fsp3) is 0.333. The van der Waals surface area contributed by atoms with E-state index < -0.39 is 0 Å². The second-order valence-corrected chi connectivity index (χ2v) is 3.26. The molecule has 0 unspecified atom stereocenters. The summed E-state index contributed by atoms with van der Waals surface area (Å²) in [6.07, 6.45) is 1.60. The summed E-state index contributed by atoms with van der Waals surface area (Å²) in [4.78, 5) is 3.90. The van der Waals surface area contributed by atoms with E-state index in [1.165, 1.54) is 0 Å². The Morgan fingerprint density at radius 1 is 1.43 bits per heavy atom. The lowest BCUT2D eigenvalue weighted by molar-refractivity contribution is 0.475. The van der Waals surface area contributed by atoms with Crippen LogP contribution in [-0.4, -0.2) is 20.3 Å². The third-order valence-corrected chi connectivity index (χ3v) is 2.29. The number of aromatic amines is 1. The summed E-state index contributed by atoms with van der Waals surface area (Å²) in [6, 6.07) is 0. The first-order valence-corrected chi connectivity index (χ1v) is 5.17. The zero-order valence-electron chi connectivity index (χ0n) is 8.30. The minimum absolute atomic E-state index is 0.138. The van der Waals surface area contributed by atoms with Crippen LogP contribution in [0.15, 0.2) is 10.8 Å². The summed E-state index contributed by atoms with van der Waals surface area (Å²) >= 11 is 3.13. The van der Waals surface area contributed by atoms with Crippen LogP contribution in [0.2, 0.25) is 0 Å². The van der Waals surface area contributed by atoms with E-state index in [4.69, 9.17) is 0 Å². The molecule has 0 saturated carbocycles. The SMILES string of the molecule is CC.Cc1[nH]nc2cnc(Br)c(O)c12. The average molecular weight is 258 g/mol. The molecule has 0 saturated heterocycles. The Bertz CT molecular complexity index is 439. The maximum absolute atomic E-state index is 9.56. The molecule has 4 nitrogen and oxygen atoms in total.